The first-order chi connectivity index (χ1) is 13.3. The zero-order valence-corrected chi connectivity index (χ0v) is 16.3. The second kappa shape index (κ2) is 10.3. The summed E-state index contributed by atoms with van der Waals surface area (Å²) in [6, 6.07) is 2.88. The van der Waals surface area contributed by atoms with Gasteiger partial charge in [-0.15, -0.1) is 0 Å². The summed E-state index contributed by atoms with van der Waals surface area (Å²) < 4.78 is 27.1. The van der Waals surface area contributed by atoms with Crippen LogP contribution in [0.2, 0.25) is 0 Å². The molecule has 1 aliphatic rings. The Bertz CT molecular complexity index is 719. The number of ketones is 1. The van der Waals surface area contributed by atoms with E-state index in [2.05, 4.69) is 5.32 Å². The Hall–Kier alpha value is -2.35. The lowest BCUT2D eigenvalue weighted by Gasteiger charge is -2.31. The van der Waals surface area contributed by atoms with Crippen molar-refractivity contribution in [2.24, 2.45) is 5.92 Å². The van der Waals surface area contributed by atoms with Crippen LogP contribution in [0.15, 0.2) is 18.2 Å². The number of nitrogens with one attached hydrogen (secondary N) is 1. The van der Waals surface area contributed by atoms with Crippen LogP contribution in [0.1, 0.15) is 36.5 Å². The van der Waals surface area contributed by atoms with Crippen LogP contribution >= 0.6 is 0 Å². The van der Waals surface area contributed by atoms with Gasteiger partial charge in [-0.05, 0) is 50.6 Å². The van der Waals surface area contributed by atoms with E-state index in [1.54, 1.807) is 7.05 Å². The largest absolute Gasteiger partial charge is 0.355 e. The maximum Gasteiger partial charge on any atom is 0.239 e. The van der Waals surface area contributed by atoms with Crippen molar-refractivity contribution in [1.82, 2.24) is 15.1 Å². The maximum atomic E-state index is 13.8. The van der Waals surface area contributed by atoms with Gasteiger partial charge in [-0.2, -0.15) is 0 Å². The topological polar surface area (TPSA) is 69.7 Å². The summed E-state index contributed by atoms with van der Waals surface area (Å²) in [6.45, 7) is 3.71. The zero-order valence-electron chi connectivity index (χ0n) is 16.3. The van der Waals surface area contributed by atoms with E-state index in [0.717, 1.165) is 24.6 Å². The molecule has 1 saturated heterocycles. The van der Waals surface area contributed by atoms with E-state index < -0.39 is 17.4 Å². The Morgan fingerprint density at radius 2 is 1.89 bits per heavy atom. The van der Waals surface area contributed by atoms with Gasteiger partial charge < -0.3 is 10.2 Å². The Morgan fingerprint density at radius 1 is 1.21 bits per heavy atom. The van der Waals surface area contributed by atoms with Crippen LogP contribution < -0.4 is 5.32 Å². The van der Waals surface area contributed by atoms with E-state index >= 15 is 0 Å². The number of amides is 2. The van der Waals surface area contributed by atoms with Crippen molar-refractivity contribution in [3.05, 3.63) is 35.4 Å². The van der Waals surface area contributed by atoms with Crippen molar-refractivity contribution in [1.29, 1.82) is 0 Å². The number of rotatable bonds is 8. The minimum atomic E-state index is -0.716. The fraction of sp³-hybridized carbons (Fsp3) is 0.550. The molecular formula is C20H27F2N3O3. The van der Waals surface area contributed by atoms with Crippen molar-refractivity contribution in [2.75, 3.05) is 39.8 Å². The van der Waals surface area contributed by atoms with Crippen molar-refractivity contribution in [2.45, 2.75) is 26.2 Å². The molecule has 154 valence electrons. The standard InChI is InChI=1S/C20H27F2N3O3/c1-3-8-23-18(26)12-24(2)19(27)13-25-9-6-14(7-10-25)20(28)16-11-15(21)4-5-17(16)22/h4-5,11,14H,3,6-10,12-13H2,1-2H3,(H,23,26). The van der Waals surface area contributed by atoms with Gasteiger partial charge in [0.05, 0.1) is 18.7 Å². The number of carbonyl (C=O) groups excluding carboxylic acids is 3. The summed E-state index contributed by atoms with van der Waals surface area (Å²) in [6.07, 6.45) is 1.78. The van der Waals surface area contributed by atoms with Crippen LogP contribution in [0.5, 0.6) is 0 Å². The summed E-state index contributed by atoms with van der Waals surface area (Å²) >= 11 is 0. The molecule has 1 fully saturated rings. The number of likely N-dealkylation sites (tertiary alicyclic amines) is 1. The van der Waals surface area contributed by atoms with Crippen LogP contribution in [-0.2, 0) is 9.59 Å². The molecule has 1 aromatic rings. The molecule has 0 saturated carbocycles. The number of halogens is 2. The summed E-state index contributed by atoms with van der Waals surface area (Å²) in [5.41, 5.74) is -0.215. The molecule has 1 aliphatic heterocycles. The highest BCUT2D eigenvalue weighted by Gasteiger charge is 2.29. The van der Waals surface area contributed by atoms with Crippen LogP contribution in [0, 0.1) is 17.6 Å². The number of hydrogen-bond donors (Lipinski definition) is 1. The van der Waals surface area contributed by atoms with E-state index in [1.165, 1.54) is 4.90 Å². The second-order valence-electron chi connectivity index (χ2n) is 7.14. The molecule has 1 aromatic carbocycles. The van der Waals surface area contributed by atoms with Crippen LogP contribution in [-0.4, -0.2) is 67.2 Å². The normalized spacial score (nSPS) is 15.3. The Morgan fingerprint density at radius 3 is 2.54 bits per heavy atom. The van der Waals surface area contributed by atoms with Crippen LogP contribution in [0.3, 0.4) is 0 Å². The molecule has 6 nitrogen and oxygen atoms in total. The lowest BCUT2D eigenvalue weighted by Crippen LogP contribution is -2.45. The number of benzene rings is 1. The molecule has 1 N–H and O–H groups in total. The summed E-state index contributed by atoms with van der Waals surface area (Å²) in [4.78, 5) is 39.7. The summed E-state index contributed by atoms with van der Waals surface area (Å²) in [7, 11) is 1.58. The molecule has 0 spiro atoms. The van der Waals surface area contributed by atoms with E-state index in [4.69, 9.17) is 0 Å². The van der Waals surface area contributed by atoms with Gasteiger partial charge in [0.1, 0.15) is 11.6 Å². The highest BCUT2D eigenvalue weighted by atomic mass is 19.1. The summed E-state index contributed by atoms with van der Waals surface area (Å²) in [5.74, 6) is -2.51. The molecule has 0 aliphatic carbocycles. The average Bonchev–Trinajstić information content (AvgIpc) is 2.68. The maximum absolute atomic E-state index is 13.8. The molecular weight excluding hydrogens is 368 g/mol. The van der Waals surface area contributed by atoms with Gasteiger partial charge in [0.2, 0.25) is 11.8 Å². The van der Waals surface area contributed by atoms with Gasteiger partial charge in [0.25, 0.3) is 0 Å². The van der Waals surface area contributed by atoms with Crippen molar-refractivity contribution in [3.63, 3.8) is 0 Å². The van der Waals surface area contributed by atoms with Gasteiger partial charge in [-0.3, -0.25) is 19.3 Å². The van der Waals surface area contributed by atoms with Gasteiger partial charge in [-0.25, -0.2) is 8.78 Å². The summed E-state index contributed by atoms with van der Waals surface area (Å²) in [5, 5.41) is 2.72. The average molecular weight is 395 g/mol. The first-order valence-corrected chi connectivity index (χ1v) is 9.54. The Labute approximate surface area is 163 Å². The third-order valence-electron chi connectivity index (χ3n) is 4.89. The monoisotopic (exact) mass is 395 g/mol. The molecule has 0 aromatic heterocycles. The van der Waals surface area contributed by atoms with Gasteiger partial charge in [0, 0.05) is 19.5 Å². The predicted octanol–water partition coefficient (Wildman–Crippen LogP) is 1.84. The number of carbonyl (C=O) groups is 3. The molecule has 2 amide bonds. The van der Waals surface area contributed by atoms with E-state index in [1.807, 2.05) is 11.8 Å². The number of Topliss-reactive ketones (excluding diaryl/α,β-unsaturated/α-hetero) is 1. The highest BCUT2D eigenvalue weighted by molar-refractivity contribution is 5.98. The third kappa shape index (κ3) is 6.09. The smallest absolute Gasteiger partial charge is 0.239 e. The molecule has 28 heavy (non-hydrogen) atoms. The first kappa shape index (κ1) is 21.9. The molecule has 0 radical (unpaired) electrons. The van der Waals surface area contributed by atoms with Crippen LogP contribution in [0.4, 0.5) is 8.78 Å². The van der Waals surface area contributed by atoms with Gasteiger partial charge >= 0.3 is 0 Å². The molecule has 8 heteroatoms. The fourth-order valence-corrected chi connectivity index (χ4v) is 3.20. The lowest BCUT2D eigenvalue weighted by molar-refractivity contribution is -0.135. The Kier molecular flexibility index (Phi) is 8.04. The van der Waals surface area contributed by atoms with Gasteiger partial charge in [-0.1, -0.05) is 6.92 Å². The number of piperidine rings is 1. The SMILES string of the molecule is CCCNC(=O)CN(C)C(=O)CN1CCC(C(=O)c2cc(F)ccc2F)CC1. The van der Waals surface area contributed by atoms with Gasteiger partial charge in [0.15, 0.2) is 5.78 Å². The first-order valence-electron chi connectivity index (χ1n) is 9.54. The molecule has 0 atom stereocenters. The number of nitrogens with zero attached hydrogens (tertiary/aromatic N) is 2. The van der Waals surface area contributed by atoms with Crippen molar-refractivity contribution in [3.8, 4) is 0 Å². The quantitative estimate of drug-likeness (QED) is 0.682. The lowest BCUT2D eigenvalue weighted by atomic mass is 9.88. The fourth-order valence-electron chi connectivity index (χ4n) is 3.20. The minimum Gasteiger partial charge on any atom is -0.355 e. The zero-order chi connectivity index (χ0) is 20.7. The molecule has 0 bridgehead atoms. The van der Waals surface area contributed by atoms with Crippen molar-refractivity contribution < 1.29 is 23.2 Å². The van der Waals surface area contributed by atoms with Crippen molar-refractivity contribution >= 4 is 17.6 Å². The minimum absolute atomic E-state index is 0.00658. The number of hydrogen-bond acceptors (Lipinski definition) is 4. The molecule has 0 unspecified atom stereocenters. The Balaban J connectivity index is 1.81. The molecule has 1 heterocycles. The van der Waals surface area contributed by atoms with E-state index in [-0.39, 0.29) is 36.4 Å². The highest BCUT2D eigenvalue weighted by Crippen LogP contribution is 2.23. The number of likely N-dealkylation sites (N-methyl/N-ethyl adjacent to an activating group) is 1. The second-order valence-corrected chi connectivity index (χ2v) is 7.14. The van der Waals surface area contributed by atoms with Crippen LogP contribution in [0.25, 0.3) is 0 Å². The molecule has 2 rings (SSSR count). The van der Waals surface area contributed by atoms with E-state index in [0.29, 0.717) is 32.5 Å². The predicted molar refractivity (Wildman–Crippen MR) is 101 cm³/mol. The third-order valence-corrected chi connectivity index (χ3v) is 4.89. The van der Waals surface area contributed by atoms with E-state index in [9.17, 15) is 23.2 Å².